The number of carbonyl (C=O) groups is 1. The lowest BCUT2D eigenvalue weighted by Gasteiger charge is -2.11. The third-order valence-corrected chi connectivity index (χ3v) is 3.51. The van der Waals surface area contributed by atoms with Crippen LogP contribution in [0.3, 0.4) is 0 Å². The zero-order valence-corrected chi connectivity index (χ0v) is 13.7. The highest BCUT2D eigenvalue weighted by atomic mass is 19.4. The maximum absolute atomic E-state index is 14.1. The summed E-state index contributed by atoms with van der Waals surface area (Å²) in [6.07, 6.45) is -1.44. The zero-order valence-electron chi connectivity index (χ0n) is 13.7. The van der Waals surface area contributed by atoms with Crippen LogP contribution in [0.25, 0.3) is 5.69 Å². The van der Waals surface area contributed by atoms with Gasteiger partial charge in [0.15, 0.2) is 12.4 Å². The molecule has 9 heteroatoms. The lowest BCUT2D eigenvalue weighted by atomic mass is 10.2. The van der Waals surface area contributed by atoms with Crippen LogP contribution in [0.5, 0.6) is 5.75 Å². The van der Waals surface area contributed by atoms with Crippen molar-refractivity contribution in [3.05, 3.63) is 72.3 Å². The van der Waals surface area contributed by atoms with Crippen molar-refractivity contribution >= 4 is 11.6 Å². The molecule has 0 spiro atoms. The summed E-state index contributed by atoms with van der Waals surface area (Å²) in [6.45, 7) is -0.524. The van der Waals surface area contributed by atoms with E-state index in [1.54, 1.807) is 12.3 Å². The van der Waals surface area contributed by atoms with Crippen LogP contribution in [0.1, 0.15) is 5.56 Å². The number of nitrogens with one attached hydrogen (secondary N) is 1. The Balaban J connectivity index is 1.61. The van der Waals surface area contributed by atoms with Crippen LogP contribution < -0.4 is 10.1 Å². The van der Waals surface area contributed by atoms with Gasteiger partial charge in [0.2, 0.25) is 0 Å². The number of hydrogen-bond acceptors (Lipinski definition) is 3. The Bertz CT molecular complexity index is 940. The molecule has 0 aliphatic rings. The highest BCUT2D eigenvalue weighted by Gasteiger charge is 2.30. The monoisotopic (exact) mass is 379 g/mol. The molecular weight excluding hydrogens is 366 g/mol. The molecule has 3 aromatic rings. The van der Waals surface area contributed by atoms with Gasteiger partial charge in [-0.1, -0.05) is 6.07 Å². The van der Waals surface area contributed by atoms with Crippen LogP contribution in [-0.4, -0.2) is 22.3 Å². The number of anilines is 1. The van der Waals surface area contributed by atoms with Crippen molar-refractivity contribution in [1.29, 1.82) is 0 Å². The van der Waals surface area contributed by atoms with E-state index < -0.39 is 30.1 Å². The molecule has 0 aliphatic carbocycles. The summed E-state index contributed by atoms with van der Waals surface area (Å²) in [7, 11) is 0. The average Bonchev–Trinajstić information content (AvgIpc) is 3.14. The zero-order chi connectivity index (χ0) is 19.4. The number of benzene rings is 2. The van der Waals surface area contributed by atoms with E-state index in [4.69, 9.17) is 4.74 Å². The first-order chi connectivity index (χ1) is 12.8. The van der Waals surface area contributed by atoms with Crippen molar-refractivity contribution in [3.8, 4) is 11.4 Å². The van der Waals surface area contributed by atoms with Gasteiger partial charge in [-0.15, -0.1) is 0 Å². The Morgan fingerprint density at radius 1 is 1.15 bits per heavy atom. The van der Waals surface area contributed by atoms with Crippen LogP contribution in [0, 0.1) is 5.82 Å². The second-order valence-corrected chi connectivity index (χ2v) is 5.48. The molecule has 0 radical (unpaired) electrons. The molecule has 0 fully saturated rings. The van der Waals surface area contributed by atoms with Crippen molar-refractivity contribution < 1.29 is 27.1 Å². The first kappa shape index (κ1) is 18.4. The average molecular weight is 379 g/mol. The predicted octanol–water partition coefficient (Wildman–Crippen LogP) is 4.05. The first-order valence-corrected chi connectivity index (χ1v) is 7.72. The van der Waals surface area contributed by atoms with E-state index in [0.29, 0.717) is 0 Å². The normalized spacial score (nSPS) is 11.3. The number of aromatic nitrogens is 2. The van der Waals surface area contributed by atoms with Crippen molar-refractivity contribution in [2.24, 2.45) is 0 Å². The third-order valence-electron chi connectivity index (χ3n) is 3.51. The molecule has 1 aromatic heterocycles. The molecule has 140 valence electrons. The van der Waals surface area contributed by atoms with Crippen LogP contribution in [0.4, 0.5) is 23.2 Å². The SMILES string of the molecule is O=C(COc1cccc(C(F)(F)F)c1)Nc1ccc(-n2cccn2)c(F)c1. The molecule has 0 saturated heterocycles. The van der Waals surface area contributed by atoms with Crippen LogP contribution in [0.2, 0.25) is 0 Å². The number of ether oxygens (including phenoxy) is 1. The molecule has 1 N–H and O–H groups in total. The van der Waals surface area contributed by atoms with Gasteiger partial charge in [-0.2, -0.15) is 18.3 Å². The minimum absolute atomic E-state index is 0.0971. The number of hydrogen-bond donors (Lipinski definition) is 1. The predicted molar refractivity (Wildman–Crippen MR) is 89.1 cm³/mol. The van der Waals surface area contributed by atoms with E-state index in [-0.39, 0.29) is 17.1 Å². The van der Waals surface area contributed by atoms with Crippen molar-refractivity contribution in [2.75, 3.05) is 11.9 Å². The molecule has 1 amide bonds. The molecule has 0 aliphatic heterocycles. The van der Waals surface area contributed by atoms with Crippen molar-refractivity contribution in [3.63, 3.8) is 0 Å². The van der Waals surface area contributed by atoms with E-state index >= 15 is 0 Å². The largest absolute Gasteiger partial charge is 0.484 e. The van der Waals surface area contributed by atoms with Gasteiger partial charge >= 0.3 is 6.18 Å². The quantitative estimate of drug-likeness (QED) is 0.681. The molecule has 1 heterocycles. The summed E-state index contributed by atoms with van der Waals surface area (Å²) in [6, 6.07) is 9.84. The molecule has 27 heavy (non-hydrogen) atoms. The molecule has 0 bridgehead atoms. The fraction of sp³-hybridized carbons (Fsp3) is 0.111. The number of carbonyl (C=O) groups excluding carboxylic acids is 1. The van der Waals surface area contributed by atoms with E-state index in [9.17, 15) is 22.4 Å². The number of rotatable bonds is 5. The van der Waals surface area contributed by atoms with Gasteiger partial charge in [-0.05, 0) is 42.5 Å². The molecule has 5 nitrogen and oxygen atoms in total. The summed E-state index contributed by atoms with van der Waals surface area (Å²) in [5, 5.41) is 6.33. The lowest BCUT2D eigenvalue weighted by molar-refractivity contribution is -0.137. The van der Waals surface area contributed by atoms with Crippen molar-refractivity contribution in [2.45, 2.75) is 6.18 Å². The third kappa shape index (κ3) is 4.63. The van der Waals surface area contributed by atoms with Gasteiger partial charge < -0.3 is 10.1 Å². The highest BCUT2D eigenvalue weighted by molar-refractivity contribution is 5.92. The van der Waals surface area contributed by atoms with Crippen LogP contribution in [-0.2, 0) is 11.0 Å². The fourth-order valence-corrected chi connectivity index (χ4v) is 2.29. The Morgan fingerprint density at radius 3 is 2.63 bits per heavy atom. The molecule has 0 atom stereocenters. The van der Waals surface area contributed by atoms with Crippen LogP contribution in [0.15, 0.2) is 60.9 Å². The second kappa shape index (κ2) is 7.48. The number of nitrogens with zero attached hydrogens (tertiary/aromatic N) is 2. The maximum atomic E-state index is 14.1. The molecular formula is C18H13F4N3O2. The van der Waals surface area contributed by atoms with Gasteiger partial charge in [0.25, 0.3) is 5.91 Å². The minimum Gasteiger partial charge on any atom is -0.484 e. The minimum atomic E-state index is -4.50. The molecule has 2 aromatic carbocycles. The summed E-state index contributed by atoms with van der Waals surface area (Å²) in [4.78, 5) is 11.9. The standard InChI is InChI=1S/C18H13F4N3O2/c19-15-10-13(5-6-16(15)25-8-2-7-23-25)24-17(26)11-27-14-4-1-3-12(9-14)18(20,21)22/h1-10H,11H2,(H,24,26). The second-order valence-electron chi connectivity index (χ2n) is 5.48. The molecule has 0 saturated carbocycles. The summed E-state index contributed by atoms with van der Waals surface area (Å²) >= 11 is 0. The van der Waals surface area contributed by atoms with Crippen molar-refractivity contribution in [1.82, 2.24) is 9.78 Å². The van der Waals surface area contributed by atoms with Gasteiger partial charge in [-0.25, -0.2) is 9.07 Å². The van der Waals surface area contributed by atoms with Gasteiger partial charge in [-0.3, -0.25) is 4.79 Å². The Labute approximate surface area is 151 Å². The summed E-state index contributed by atoms with van der Waals surface area (Å²) in [5.74, 6) is -1.34. The number of halogens is 4. The van der Waals surface area contributed by atoms with Gasteiger partial charge in [0.1, 0.15) is 11.4 Å². The highest BCUT2D eigenvalue weighted by Crippen LogP contribution is 2.31. The van der Waals surface area contributed by atoms with Gasteiger partial charge in [0, 0.05) is 18.1 Å². The maximum Gasteiger partial charge on any atom is 0.416 e. The fourth-order valence-electron chi connectivity index (χ4n) is 2.29. The number of alkyl halides is 3. The topological polar surface area (TPSA) is 56.1 Å². The van der Waals surface area contributed by atoms with E-state index in [0.717, 1.165) is 18.2 Å². The summed E-state index contributed by atoms with van der Waals surface area (Å²) < 4.78 is 58.5. The van der Waals surface area contributed by atoms with E-state index in [1.165, 1.54) is 35.1 Å². The molecule has 0 unspecified atom stereocenters. The molecule has 3 rings (SSSR count). The lowest BCUT2D eigenvalue weighted by Crippen LogP contribution is -2.20. The van der Waals surface area contributed by atoms with E-state index in [2.05, 4.69) is 10.4 Å². The van der Waals surface area contributed by atoms with Crippen LogP contribution >= 0.6 is 0 Å². The Kier molecular flexibility index (Phi) is 5.11. The summed E-state index contributed by atoms with van der Waals surface area (Å²) in [5.41, 5.74) is -0.490. The number of amides is 1. The first-order valence-electron chi connectivity index (χ1n) is 7.72. The Hall–Kier alpha value is -3.36. The smallest absolute Gasteiger partial charge is 0.416 e. The Morgan fingerprint density at radius 2 is 1.96 bits per heavy atom. The van der Waals surface area contributed by atoms with E-state index in [1.807, 2.05) is 0 Å². The van der Waals surface area contributed by atoms with Gasteiger partial charge in [0.05, 0.1) is 5.56 Å².